The zero-order valence-electron chi connectivity index (χ0n) is 17.4. The normalized spacial score (nSPS) is 19.2. The first kappa shape index (κ1) is 21.0. The zero-order valence-corrected chi connectivity index (χ0v) is 17.4. The molecule has 1 atom stereocenters. The number of hydrogen-bond acceptors (Lipinski definition) is 5. The highest BCUT2D eigenvalue weighted by Gasteiger charge is 2.29. The van der Waals surface area contributed by atoms with E-state index in [4.69, 9.17) is 0 Å². The van der Waals surface area contributed by atoms with Gasteiger partial charge in [-0.3, -0.25) is 24.3 Å². The summed E-state index contributed by atoms with van der Waals surface area (Å²) in [7, 11) is 0. The third-order valence-corrected chi connectivity index (χ3v) is 5.89. The minimum Gasteiger partial charge on any atom is -0.340 e. The van der Waals surface area contributed by atoms with E-state index in [9.17, 15) is 14.4 Å². The summed E-state index contributed by atoms with van der Waals surface area (Å²) in [5.41, 5.74) is 2.20. The standard InChI is InChI=1S/C23H27N5O3/c29-21(28-15-13-27(14-16-28)12-9-17-7-10-24-11-8-17)6-5-20-23(31)25-19-4-2-1-3-18(19)22(30)26-20/h1-4,7-8,10-11,20H,5-6,9,12-16H2,(H,25,31)(H,26,30). The maximum Gasteiger partial charge on any atom is 0.254 e. The minimum atomic E-state index is -0.717. The lowest BCUT2D eigenvalue weighted by atomic mass is 10.1. The van der Waals surface area contributed by atoms with Crippen LogP contribution in [-0.4, -0.2) is 71.3 Å². The molecule has 8 nitrogen and oxygen atoms in total. The number of carbonyl (C=O) groups is 3. The molecule has 2 aliphatic rings. The van der Waals surface area contributed by atoms with Crippen LogP contribution in [0.25, 0.3) is 0 Å². The molecule has 0 spiro atoms. The molecule has 31 heavy (non-hydrogen) atoms. The summed E-state index contributed by atoms with van der Waals surface area (Å²) < 4.78 is 0. The Morgan fingerprint density at radius 1 is 1.03 bits per heavy atom. The van der Waals surface area contributed by atoms with Gasteiger partial charge in [0.05, 0.1) is 11.3 Å². The van der Waals surface area contributed by atoms with E-state index in [1.165, 1.54) is 5.56 Å². The maximum atomic E-state index is 12.7. The Labute approximate surface area is 181 Å². The van der Waals surface area contributed by atoms with Gasteiger partial charge in [0.25, 0.3) is 5.91 Å². The van der Waals surface area contributed by atoms with Crippen LogP contribution in [0.3, 0.4) is 0 Å². The lowest BCUT2D eigenvalue weighted by Gasteiger charge is -2.35. The molecule has 2 aromatic rings. The molecule has 162 valence electrons. The van der Waals surface area contributed by atoms with Gasteiger partial charge in [-0.1, -0.05) is 12.1 Å². The van der Waals surface area contributed by atoms with E-state index in [-0.39, 0.29) is 30.6 Å². The zero-order chi connectivity index (χ0) is 21.6. The van der Waals surface area contributed by atoms with Gasteiger partial charge in [-0.2, -0.15) is 0 Å². The molecule has 0 saturated carbocycles. The minimum absolute atomic E-state index is 0.0255. The van der Waals surface area contributed by atoms with Crippen LogP contribution in [0.2, 0.25) is 0 Å². The van der Waals surface area contributed by atoms with E-state index in [1.807, 2.05) is 29.4 Å². The summed E-state index contributed by atoms with van der Waals surface area (Å²) >= 11 is 0. The van der Waals surface area contributed by atoms with Crippen molar-refractivity contribution in [1.82, 2.24) is 20.1 Å². The molecule has 4 rings (SSSR count). The van der Waals surface area contributed by atoms with Gasteiger partial charge in [-0.15, -0.1) is 0 Å². The van der Waals surface area contributed by atoms with Gasteiger partial charge >= 0.3 is 0 Å². The molecule has 2 aliphatic heterocycles. The molecule has 1 unspecified atom stereocenters. The number of amides is 3. The van der Waals surface area contributed by atoms with Crippen molar-refractivity contribution in [2.75, 3.05) is 38.0 Å². The van der Waals surface area contributed by atoms with E-state index in [2.05, 4.69) is 20.5 Å². The van der Waals surface area contributed by atoms with Crippen molar-refractivity contribution >= 4 is 23.4 Å². The van der Waals surface area contributed by atoms with Crippen molar-refractivity contribution < 1.29 is 14.4 Å². The summed E-state index contributed by atoms with van der Waals surface area (Å²) in [6.45, 7) is 4.01. The summed E-state index contributed by atoms with van der Waals surface area (Å²) in [6.07, 6.45) is 5.09. The third kappa shape index (κ3) is 5.27. The Balaban J connectivity index is 1.22. The average molecular weight is 422 g/mol. The van der Waals surface area contributed by atoms with Crippen LogP contribution in [0, 0.1) is 0 Å². The molecule has 0 bridgehead atoms. The topological polar surface area (TPSA) is 94.6 Å². The number of hydrogen-bond donors (Lipinski definition) is 2. The molecule has 0 aliphatic carbocycles. The van der Waals surface area contributed by atoms with Gasteiger partial charge < -0.3 is 15.5 Å². The second-order valence-corrected chi connectivity index (χ2v) is 7.93. The highest BCUT2D eigenvalue weighted by Crippen LogP contribution is 2.19. The van der Waals surface area contributed by atoms with Crippen LogP contribution in [-0.2, 0) is 16.0 Å². The van der Waals surface area contributed by atoms with Crippen LogP contribution < -0.4 is 10.6 Å². The van der Waals surface area contributed by atoms with Crippen LogP contribution >= 0.6 is 0 Å². The van der Waals surface area contributed by atoms with E-state index in [1.54, 1.807) is 24.3 Å². The lowest BCUT2D eigenvalue weighted by Crippen LogP contribution is -2.49. The number of nitrogens with zero attached hydrogens (tertiary/aromatic N) is 3. The Morgan fingerprint density at radius 3 is 2.55 bits per heavy atom. The van der Waals surface area contributed by atoms with Crippen molar-refractivity contribution in [2.24, 2.45) is 0 Å². The van der Waals surface area contributed by atoms with E-state index >= 15 is 0 Å². The van der Waals surface area contributed by atoms with E-state index in [0.717, 1.165) is 26.1 Å². The lowest BCUT2D eigenvalue weighted by molar-refractivity contribution is -0.133. The second-order valence-electron chi connectivity index (χ2n) is 7.93. The number of nitrogens with one attached hydrogen (secondary N) is 2. The van der Waals surface area contributed by atoms with Gasteiger partial charge in [-0.05, 0) is 42.7 Å². The molecular weight excluding hydrogens is 394 g/mol. The summed E-state index contributed by atoms with van der Waals surface area (Å²) in [5.74, 6) is -0.557. The number of benzene rings is 1. The van der Waals surface area contributed by atoms with Crippen LogP contribution in [0.4, 0.5) is 5.69 Å². The van der Waals surface area contributed by atoms with Crippen LogP contribution in [0.5, 0.6) is 0 Å². The fourth-order valence-electron chi connectivity index (χ4n) is 4.00. The SMILES string of the molecule is O=C1NC(CCC(=O)N2CCN(CCc3ccncc3)CC2)C(=O)Nc2ccccc21. The van der Waals surface area contributed by atoms with Crippen molar-refractivity contribution in [3.05, 3.63) is 59.9 Å². The molecule has 1 aromatic heterocycles. The highest BCUT2D eigenvalue weighted by molar-refractivity contribution is 6.09. The molecule has 0 radical (unpaired) electrons. The Bertz CT molecular complexity index is 941. The molecular formula is C23H27N5O3. The number of rotatable bonds is 6. The fraction of sp³-hybridized carbons (Fsp3) is 0.391. The van der Waals surface area contributed by atoms with Crippen molar-refractivity contribution in [3.63, 3.8) is 0 Å². The number of para-hydroxylation sites is 1. The van der Waals surface area contributed by atoms with E-state index < -0.39 is 6.04 Å². The predicted octanol–water partition coefficient (Wildman–Crippen LogP) is 1.30. The maximum absolute atomic E-state index is 12.7. The number of fused-ring (bicyclic) bond motifs is 1. The van der Waals surface area contributed by atoms with Gasteiger partial charge in [0, 0.05) is 51.5 Å². The van der Waals surface area contributed by atoms with Crippen molar-refractivity contribution in [1.29, 1.82) is 0 Å². The quantitative estimate of drug-likeness (QED) is 0.733. The number of pyridine rings is 1. The number of carbonyl (C=O) groups excluding carboxylic acids is 3. The fourth-order valence-corrected chi connectivity index (χ4v) is 4.00. The number of anilines is 1. The van der Waals surface area contributed by atoms with Gasteiger partial charge in [-0.25, -0.2) is 0 Å². The van der Waals surface area contributed by atoms with E-state index in [0.29, 0.717) is 24.3 Å². The first-order valence-corrected chi connectivity index (χ1v) is 10.7. The smallest absolute Gasteiger partial charge is 0.254 e. The predicted molar refractivity (Wildman–Crippen MR) is 117 cm³/mol. The van der Waals surface area contributed by atoms with Gasteiger partial charge in [0.1, 0.15) is 6.04 Å². The highest BCUT2D eigenvalue weighted by atomic mass is 16.2. The molecule has 2 N–H and O–H groups in total. The van der Waals surface area contributed by atoms with Crippen LogP contribution in [0.15, 0.2) is 48.8 Å². The molecule has 3 amide bonds. The molecule has 3 heterocycles. The largest absolute Gasteiger partial charge is 0.340 e. The Hall–Kier alpha value is -3.26. The molecule has 1 fully saturated rings. The van der Waals surface area contributed by atoms with Gasteiger partial charge in [0.15, 0.2) is 0 Å². The third-order valence-electron chi connectivity index (χ3n) is 5.89. The summed E-state index contributed by atoms with van der Waals surface area (Å²) in [4.78, 5) is 45.8. The second kappa shape index (κ2) is 9.70. The Kier molecular flexibility index (Phi) is 6.57. The monoisotopic (exact) mass is 421 g/mol. The van der Waals surface area contributed by atoms with Crippen molar-refractivity contribution in [2.45, 2.75) is 25.3 Å². The number of piperazine rings is 1. The molecule has 1 saturated heterocycles. The van der Waals surface area contributed by atoms with Gasteiger partial charge in [0.2, 0.25) is 11.8 Å². The first-order chi connectivity index (χ1) is 15.1. The molecule has 1 aromatic carbocycles. The number of aromatic nitrogens is 1. The Morgan fingerprint density at radius 2 is 1.77 bits per heavy atom. The first-order valence-electron chi connectivity index (χ1n) is 10.7. The molecule has 8 heteroatoms. The van der Waals surface area contributed by atoms with Crippen molar-refractivity contribution in [3.8, 4) is 0 Å². The average Bonchev–Trinajstić information content (AvgIpc) is 2.93. The summed E-state index contributed by atoms with van der Waals surface area (Å²) in [6, 6.07) is 10.2. The van der Waals surface area contributed by atoms with Crippen LogP contribution in [0.1, 0.15) is 28.8 Å². The summed E-state index contributed by atoms with van der Waals surface area (Å²) in [5, 5.41) is 5.53.